The molecule has 0 saturated carbocycles. The Kier molecular flexibility index (Phi) is 7.19. The lowest BCUT2D eigenvalue weighted by Gasteiger charge is -2.27. The van der Waals surface area contributed by atoms with Crippen molar-refractivity contribution in [3.63, 3.8) is 0 Å². The van der Waals surface area contributed by atoms with E-state index in [4.69, 9.17) is 4.74 Å². The first-order valence-electron chi connectivity index (χ1n) is 9.58. The summed E-state index contributed by atoms with van der Waals surface area (Å²) in [7, 11) is 1.67. The average Bonchev–Trinajstić information content (AvgIpc) is 3.18. The largest absolute Gasteiger partial charge is 0.507 e. The van der Waals surface area contributed by atoms with Crippen LogP contribution in [0.4, 0.5) is 14.6 Å². The van der Waals surface area contributed by atoms with E-state index in [0.29, 0.717) is 5.75 Å². The molecule has 0 bridgehead atoms. The number of hydrogen-bond donors (Lipinski definition) is 1. The van der Waals surface area contributed by atoms with Gasteiger partial charge in [-0.2, -0.15) is 13.9 Å². The average molecular weight is 431 g/mol. The smallest absolute Gasteiger partial charge is 0.345 e. The van der Waals surface area contributed by atoms with Crippen LogP contribution in [0, 0.1) is 0 Å². The summed E-state index contributed by atoms with van der Waals surface area (Å²) < 4.78 is 36.7. The molecule has 0 unspecified atom stereocenters. The molecule has 0 aliphatic rings. The van der Waals surface area contributed by atoms with Gasteiger partial charge in [0.1, 0.15) is 18.1 Å². The van der Waals surface area contributed by atoms with E-state index in [1.807, 2.05) is 30.3 Å². The van der Waals surface area contributed by atoms with Crippen molar-refractivity contribution in [2.45, 2.75) is 26.2 Å². The van der Waals surface area contributed by atoms with Crippen LogP contribution in [0.5, 0.6) is 11.5 Å². The fourth-order valence-electron chi connectivity index (χ4n) is 2.99. The lowest BCUT2D eigenvalue weighted by Crippen LogP contribution is -2.42. The number of hydrogen-bond acceptors (Lipinski definition) is 5. The minimum absolute atomic E-state index is 0.0416. The van der Waals surface area contributed by atoms with Gasteiger partial charge in [0.15, 0.2) is 5.82 Å². The first kappa shape index (κ1) is 22.2. The van der Waals surface area contributed by atoms with Crippen LogP contribution in [0.3, 0.4) is 0 Å². The van der Waals surface area contributed by atoms with E-state index in [9.17, 15) is 18.7 Å². The molecule has 1 atom stereocenters. The van der Waals surface area contributed by atoms with E-state index in [-0.39, 0.29) is 23.7 Å². The quantitative estimate of drug-likeness (QED) is 0.555. The maximum absolute atomic E-state index is 13.3. The van der Waals surface area contributed by atoms with E-state index < -0.39 is 25.2 Å². The predicted octanol–water partition coefficient (Wildman–Crippen LogP) is 3.98. The van der Waals surface area contributed by atoms with E-state index in [2.05, 4.69) is 9.84 Å². The zero-order chi connectivity index (χ0) is 22.4. The highest BCUT2D eigenvalue weighted by Gasteiger charge is 2.28. The van der Waals surface area contributed by atoms with E-state index >= 15 is 0 Å². The molecule has 0 aliphatic heterocycles. The van der Waals surface area contributed by atoms with Gasteiger partial charge in [0, 0.05) is 19.3 Å². The van der Waals surface area contributed by atoms with Crippen molar-refractivity contribution in [3.05, 3.63) is 71.9 Å². The summed E-state index contributed by atoms with van der Waals surface area (Å²) >= 11 is 0. The molecule has 0 saturated heterocycles. The topological polar surface area (TPSA) is 76.8 Å². The molecule has 31 heavy (non-hydrogen) atoms. The number of aromatic nitrogens is 2. The Balaban J connectivity index is 1.85. The van der Waals surface area contributed by atoms with Crippen molar-refractivity contribution < 1.29 is 28.2 Å². The Labute approximate surface area is 178 Å². The van der Waals surface area contributed by atoms with E-state index in [1.165, 1.54) is 21.7 Å². The highest BCUT2D eigenvalue weighted by molar-refractivity contribution is 6.08. The SMILES string of the molecule is C[C@@H](COC(F)F)N(C(=O)c1cc(OCc2ccccc2)ccc1O)c1ccn(C)n1. The summed E-state index contributed by atoms with van der Waals surface area (Å²) in [6.07, 6.45) is 1.62. The van der Waals surface area contributed by atoms with Crippen molar-refractivity contribution in [2.24, 2.45) is 7.05 Å². The molecule has 1 N–H and O–H groups in total. The molecule has 3 rings (SSSR count). The molecule has 0 aliphatic carbocycles. The zero-order valence-electron chi connectivity index (χ0n) is 17.1. The number of benzene rings is 2. The number of amides is 1. The number of nitrogens with zero attached hydrogens (tertiary/aromatic N) is 3. The number of ether oxygens (including phenoxy) is 2. The van der Waals surface area contributed by atoms with Crippen LogP contribution in [0.25, 0.3) is 0 Å². The van der Waals surface area contributed by atoms with Gasteiger partial charge in [0.2, 0.25) is 0 Å². The highest BCUT2D eigenvalue weighted by Crippen LogP contribution is 2.28. The second kappa shape index (κ2) is 10.0. The van der Waals surface area contributed by atoms with E-state index in [1.54, 1.807) is 32.3 Å². The standard InChI is InChI=1S/C22H23F2N3O4/c1-15(13-31-22(23)24)27(20-10-11-26(2)25-20)21(29)18-12-17(8-9-19(18)28)30-14-16-6-4-3-5-7-16/h3-12,15,22,28H,13-14H2,1-2H3/t15-/m0/s1. The molecule has 2 aromatic carbocycles. The molecule has 0 spiro atoms. The third kappa shape index (κ3) is 5.79. The number of phenolic OH excluding ortho intramolecular Hbond substituents is 1. The Morgan fingerprint density at radius 1 is 1.19 bits per heavy atom. The van der Waals surface area contributed by atoms with Crippen molar-refractivity contribution >= 4 is 11.7 Å². The van der Waals surface area contributed by atoms with Crippen molar-refractivity contribution in [3.8, 4) is 11.5 Å². The van der Waals surface area contributed by atoms with Gasteiger partial charge in [-0.25, -0.2) is 0 Å². The number of carbonyl (C=O) groups excluding carboxylic acids is 1. The second-order valence-electron chi connectivity index (χ2n) is 6.92. The Hall–Kier alpha value is -3.46. The maximum Gasteiger partial charge on any atom is 0.345 e. The lowest BCUT2D eigenvalue weighted by atomic mass is 10.1. The number of aryl methyl sites for hydroxylation is 1. The number of aromatic hydroxyl groups is 1. The third-order valence-electron chi connectivity index (χ3n) is 4.52. The molecule has 1 aromatic heterocycles. The fraction of sp³-hybridized carbons (Fsp3) is 0.273. The van der Waals surface area contributed by atoms with Crippen molar-refractivity contribution in [2.75, 3.05) is 11.5 Å². The number of anilines is 1. The minimum Gasteiger partial charge on any atom is -0.507 e. The predicted molar refractivity (Wildman–Crippen MR) is 110 cm³/mol. The van der Waals surface area contributed by atoms with Crippen LogP contribution in [0.15, 0.2) is 60.8 Å². The van der Waals surface area contributed by atoms with Crippen LogP contribution in [0.2, 0.25) is 0 Å². The molecule has 0 radical (unpaired) electrons. The summed E-state index contributed by atoms with van der Waals surface area (Å²) in [5.41, 5.74) is 0.899. The first-order chi connectivity index (χ1) is 14.8. The van der Waals surface area contributed by atoms with Gasteiger partial charge >= 0.3 is 6.61 Å². The van der Waals surface area contributed by atoms with Crippen molar-refractivity contribution in [1.29, 1.82) is 0 Å². The maximum atomic E-state index is 13.3. The fourth-order valence-corrected chi connectivity index (χ4v) is 2.99. The Bertz CT molecular complexity index is 1010. The Morgan fingerprint density at radius 3 is 2.58 bits per heavy atom. The molecule has 0 fully saturated rings. The molecule has 164 valence electrons. The van der Waals surface area contributed by atoms with Crippen LogP contribution >= 0.6 is 0 Å². The highest BCUT2D eigenvalue weighted by atomic mass is 19.3. The summed E-state index contributed by atoms with van der Waals surface area (Å²) in [5.74, 6) is -0.262. The van der Waals surface area contributed by atoms with Crippen molar-refractivity contribution in [1.82, 2.24) is 9.78 Å². The molecule has 7 nitrogen and oxygen atoms in total. The molecule has 9 heteroatoms. The number of carbonyl (C=O) groups is 1. The van der Waals surface area contributed by atoms with Gasteiger partial charge in [-0.3, -0.25) is 14.4 Å². The van der Waals surface area contributed by atoms with Gasteiger partial charge in [0.05, 0.1) is 18.2 Å². The molecule has 1 heterocycles. The number of phenols is 1. The second-order valence-corrected chi connectivity index (χ2v) is 6.92. The number of halogens is 2. The minimum atomic E-state index is -2.97. The summed E-state index contributed by atoms with van der Waals surface area (Å²) in [6, 6.07) is 14.6. The normalized spacial score (nSPS) is 12.0. The van der Waals surface area contributed by atoms with Gasteiger partial charge in [-0.1, -0.05) is 30.3 Å². The monoisotopic (exact) mass is 431 g/mol. The molecule has 3 aromatic rings. The van der Waals surface area contributed by atoms with Gasteiger partial charge in [-0.05, 0) is 30.7 Å². The summed E-state index contributed by atoms with van der Waals surface area (Å²) in [4.78, 5) is 14.5. The van der Waals surface area contributed by atoms with Crippen LogP contribution in [0.1, 0.15) is 22.8 Å². The van der Waals surface area contributed by atoms with Gasteiger partial charge < -0.3 is 14.6 Å². The van der Waals surface area contributed by atoms with Crippen LogP contribution < -0.4 is 9.64 Å². The van der Waals surface area contributed by atoms with Crippen LogP contribution in [-0.4, -0.2) is 40.1 Å². The third-order valence-corrected chi connectivity index (χ3v) is 4.52. The zero-order valence-corrected chi connectivity index (χ0v) is 17.1. The molecular weight excluding hydrogens is 408 g/mol. The summed E-state index contributed by atoms with van der Waals surface area (Å²) in [6.45, 7) is -1.54. The van der Waals surface area contributed by atoms with Gasteiger partial charge in [-0.15, -0.1) is 0 Å². The molecule has 1 amide bonds. The Morgan fingerprint density at radius 2 is 1.94 bits per heavy atom. The summed E-state index contributed by atoms with van der Waals surface area (Å²) in [5, 5.41) is 14.5. The lowest BCUT2D eigenvalue weighted by molar-refractivity contribution is -0.131. The number of alkyl halides is 2. The number of rotatable bonds is 9. The molecular formula is C22H23F2N3O4. The first-order valence-corrected chi connectivity index (χ1v) is 9.58. The van der Waals surface area contributed by atoms with E-state index in [0.717, 1.165) is 5.56 Å². The van der Waals surface area contributed by atoms with Gasteiger partial charge in [0.25, 0.3) is 5.91 Å². The van der Waals surface area contributed by atoms with Crippen LogP contribution in [-0.2, 0) is 18.4 Å².